The number of hydrogen-bond donors (Lipinski definition) is 1. The van der Waals surface area contributed by atoms with Crippen molar-refractivity contribution < 1.29 is 22.7 Å². The third kappa shape index (κ3) is 5.22. The Hall–Kier alpha value is -2.61. The minimum absolute atomic E-state index is 0.0113. The zero-order valence-corrected chi connectivity index (χ0v) is 15.2. The van der Waals surface area contributed by atoms with Crippen LogP contribution in [0.5, 0.6) is 5.75 Å². The number of alkyl halides is 3. The fraction of sp³-hybridized carbons (Fsp3) is 0.400. The highest BCUT2D eigenvalue weighted by atomic mass is 19.4. The molecule has 1 aliphatic heterocycles. The van der Waals surface area contributed by atoms with E-state index in [-0.39, 0.29) is 25.9 Å². The van der Waals surface area contributed by atoms with Gasteiger partial charge in [-0.25, -0.2) is 0 Å². The van der Waals surface area contributed by atoms with Gasteiger partial charge in [0.2, 0.25) is 5.91 Å². The van der Waals surface area contributed by atoms with E-state index in [1.165, 1.54) is 4.90 Å². The van der Waals surface area contributed by atoms with Gasteiger partial charge in [0.1, 0.15) is 18.4 Å². The third-order valence-corrected chi connectivity index (χ3v) is 4.89. The van der Waals surface area contributed by atoms with Crippen LogP contribution in [0.1, 0.15) is 24.1 Å². The quantitative estimate of drug-likeness (QED) is 0.818. The predicted molar refractivity (Wildman–Crippen MR) is 97.2 cm³/mol. The normalized spacial score (nSPS) is 20.7. The summed E-state index contributed by atoms with van der Waals surface area (Å²) in [5, 5.41) is 0. The maximum Gasteiger partial charge on any atom is 0.404 e. The molecule has 0 unspecified atom stereocenters. The Morgan fingerprint density at radius 3 is 2.54 bits per heavy atom. The number of carbonyl (C=O) groups excluding carboxylic acids is 1. The smallest absolute Gasteiger partial charge is 0.404 e. The van der Waals surface area contributed by atoms with Gasteiger partial charge in [0.25, 0.3) is 0 Å². The molecule has 150 valence electrons. The van der Waals surface area contributed by atoms with Crippen LogP contribution >= 0.6 is 0 Å². The number of piperidine rings is 1. The maximum absolute atomic E-state index is 13.4. The lowest BCUT2D eigenvalue weighted by Gasteiger charge is -2.39. The minimum Gasteiger partial charge on any atom is -0.487 e. The second-order valence-corrected chi connectivity index (χ2v) is 6.92. The van der Waals surface area contributed by atoms with Gasteiger partial charge in [-0.2, -0.15) is 13.2 Å². The number of ether oxygens (including phenoxy) is 1. The van der Waals surface area contributed by atoms with Crippen molar-refractivity contribution in [1.29, 1.82) is 0 Å². The van der Waals surface area contributed by atoms with E-state index in [1.54, 1.807) is 30.5 Å². The van der Waals surface area contributed by atoms with Gasteiger partial charge in [-0.15, -0.1) is 0 Å². The van der Waals surface area contributed by atoms with E-state index in [0.29, 0.717) is 17.9 Å². The molecule has 1 amide bonds. The molecule has 2 atom stereocenters. The maximum atomic E-state index is 13.4. The highest BCUT2D eigenvalue weighted by Crippen LogP contribution is 2.34. The molecule has 0 spiro atoms. The largest absolute Gasteiger partial charge is 0.487 e. The fourth-order valence-corrected chi connectivity index (χ4v) is 3.39. The van der Waals surface area contributed by atoms with Crippen LogP contribution in [0.2, 0.25) is 0 Å². The molecule has 0 bridgehead atoms. The highest BCUT2D eigenvalue weighted by Gasteiger charge is 2.46. The number of halogens is 3. The van der Waals surface area contributed by atoms with E-state index in [2.05, 4.69) is 4.98 Å². The summed E-state index contributed by atoms with van der Waals surface area (Å²) >= 11 is 0. The van der Waals surface area contributed by atoms with E-state index >= 15 is 0 Å². The Labute approximate surface area is 161 Å². The Morgan fingerprint density at radius 2 is 1.93 bits per heavy atom. The molecule has 0 aliphatic carbocycles. The molecule has 1 aliphatic rings. The predicted octanol–water partition coefficient (Wildman–Crippen LogP) is 3.29. The number of nitrogens with two attached hydrogens (primary N) is 1. The number of benzene rings is 1. The van der Waals surface area contributed by atoms with Crippen molar-refractivity contribution in [3.05, 3.63) is 59.9 Å². The monoisotopic (exact) mass is 393 g/mol. The molecule has 2 heterocycles. The molecule has 1 fully saturated rings. The summed E-state index contributed by atoms with van der Waals surface area (Å²) in [4.78, 5) is 16.9. The van der Waals surface area contributed by atoms with Gasteiger partial charge >= 0.3 is 6.18 Å². The molecule has 28 heavy (non-hydrogen) atoms. The topological polar surface area (TPSA) is 68.5 Å². The lowest BCUT2D eigenvalue weighted by atomic mass is 9.91. The fourth-order valence-electron chi connectivity index (χ4n) is 3.39. The van der Waals surface area contributed by atoms with Crippen molar-refractivity contribution >= 4 is 5.91 Å². The number of likely N-dealkylation sites (tertiary alicyclic amines) is 1. The van der Waals surface area contributed by atoms with Crippen molar-refractivity contribution in [2.24, 2.45) is 11.7 Å². The number of rotatable bonds is 6. The average molecular weight is 393 g/mol. The first-order valence-corrected chi connectivity index (χ1v) is 9.04. The van der Waals surface area contributed by atoms with E-state index in [1.807, 2.05) is 18.2 Å². The van der Waals surface area contributed by atoms with Crippen molar-refractivity contribution in [2.45, 2.75) is 38.2 Å². The first-order valence-electron chi connectivity index (χ1n) is 9.04. The molecule has 0 saturated carbocycles. The summed E-state index contributed by atoms with van der Waals surface area (Å²) in [6.45, 7) is 0.411. The van der Waals surface area contributed by atoms with Crippen molar-refractivity contribution in [3.63, 3.8) is 0 Å². The second kappa shape index (κ2) is 8.60. The standard InChI is InChI=1S/C20H22F3N3O2/c21-20(22,23)18-9-6-15(19(24)27)12-26(18)11-14-4-7-17(8-5-14)28-13-16-3-1-2-10-25-16/h1-5,7-8,10,15,18H,6,9,11-13H2,(H2,24,27)/t15-,18+/m1/s1. The van der Waals surface area contributed by atoms with Crippen molar-refractivity contribution in [3.8, 4) is 5.75 Å². The minimum atomic E-state index is -4.34. The van der Waals surface area contributed by atoms with Gasteiger partial charge in [-0.05, 0) is 42.7 Å². The summed E-state index contributed by atoms with van der Waals surface area (Å²) in [6, 6.07) is 10.9. The summed E-state index contributed by atoms with van der Waals surface area (Å²) < 4.78 is 45.7. The molecule has 1 aromatic carbocycles. The molecule has 2 aromatic rings. The van der Waals surface area contributed by atoms with Gasteiger partial charge in [0.05, 0.1) is 11.6 Å². The Balaban J connectivity index is 1.64. The Morgan fingerprint density at radius 1 is 1.18 bits per heavy atom. The van der Waals surface area contributed by atoms with E-state index < -0.39 is 24.0 Å². The molecule has 0 radical (unpaired) electrons. The zero-order valence-electron chi connectivity index (χ0n) is 15.2. The van der Waals surface area contributed by atoms with Gasteiger partial charge in [0.15, 0.2) is 0 Å². The molecule has 5 nitrogen and oxygen atoms in total. The highest BCUT2D eigenvalue weighted by molar-refractivity contribution is 5.77. The first kappa shape index (κ1) is 20.1. The molecule has 8 heteroatoms. The van der Waals surface area contributed by atoms with Crippen LogP contribution in [0.4, 0.5) is 13.2 Å². The summed E-state index contributed by atoms with van der Waals surface area (Å²) in [5.41, 5.74) is 6.81. The van der Waals surface area contributed by atoms with E-state index in [9.17, 15) is 18.0 Å². The zero-order chi connectivity index (χ0) is 20.1. The first-order chi connectivity index (χ1) is 13.3. The van der Waals surface area contributed by atoms with Crippen molar-refractivity contribution in [2.75, 3.05) is 6.54 Å². The Bertz CT molecular complexity index is 782. The number of carbonyl (C=O) groups is 1. The number of aromatic nitrogens is 1. The molecular formula is C20H22F3N3O2. The van der Waals surface area contributed by atoms with E-state index in [4.69, 9.17) is 10.5 Å². The lowest BCUT2D eigenvalue weighted by Crippen LogP contribution is -2.52. The SMILES string of the molecule is NC(=O)[C@@H]1CC[C@@H](C(F)(F)F)N(Cc2ccc(OCc3ccccn3)cc2)C1. The van der Waals surface area contributed by atoms with Crippen LogP contribution < -0.4 is 10.5 Å². The lowest BCUT2D eigenvalue weighted by molar-refractivity contribution is -0.197. The van der Waals surface area contributed by atoms with Gasteiger partial charge < -0.3 is 10.5 Å². The average Bonchev–Trinajstić information content (AvgIpc) is 2.67. The molecule has 1 aromatic heterocycles. The van der Waals surface area contributed by atoms with Gasteiger partial charge in [0, 0.05) is 19.3 Å². The molecule has 1 saturated heterocycles. The third-order valence-electron chi connectivity index (χ3n) is 4.89. The van der Waals surface area contributed by atoms with Crippen LogP contribution in [0.3, 0.4) is 0 Å². The van der Waals surface area contributed by atoms with Crippen LogP contribution in [0, 0.1) is 5.92 Å². The molecular weight excluding hydrogens is 371 g/mol. The van der Waals surface area contributed by atoms with Gasteiger partial charge in [-0.1, -0.05) is 18.2 Å². The Kier molecular flexibility index (Phi) is 6.18. The number of hydrogen-bond acceptors (Lipinski definition) is 4. The van der Waals surface area contributed by atoms with Crippen LogP contribution in [-0.2, 0) is 17.9 Å². The van der Waals surface area contributed by atoms with Crippen LogP contribution in [-0.4, -0.2) is 34.6 Å². The number of nitrogens with zero attached hydrogens (tertiary/aromatic N) is 2. The van der Waals surface area contributed by atoms with Gasteiger partial charge in [-0.3, -0.25) is 14.7 Å². The van der Waals surface area contributed by atoms with E-state index in [0.717, 1.165) is 5.69 Å². The van der Waals surface area contributed by atoms with Crippen LogP contribution in [0.25, 0.3) is 0 Å². The summed E-state index contributed by atoms with van der Waals surface area (Å²) in [5.74, 6) is -0.501. The van der Waals surface area contributed by atoms with Crippen LogP contribution in [0.15, 0.2) is 48.7 Å². The number of pyridine rings is 1. The number of primary amides is 1. The summed E-state index contributed by atoms with van der Waals surface area (Å²) in [7, 11) is 0. The molecule has 3 rings (SSSR count). The summed E-state index contributed by atoms with van der Waals surface area (Å²) in [6.07, 6.45) is -2.62. The van der Waals surface area contributed by atoms with Crippen molar-refractivity contribution in [1.82, 2.24) is 9.88 Å². The second-order valence-electron chi connectivity index (χ2n) is 6.92. The molecule has 2 N–H and O–H groups in total. The number of amides is 1.